The molecule has 3 nitrogen and oxygen atoms in total. The fourth-order valence-corrected chi connectivity index (χ4v) is 2.99. The van der Waals surface area contributed by atoms with E-state index in [-0.39, 0.29) is 18.2 Å². The highest BCUT2D eigenvalue weighted by Gasteiger charge is 2.13. The van der Waals surface area contributed by atoms with Gasteiger partial charge in [-0.3, -0.25) is 4.79 Å². The number of carbonyl (C=O) groups is 1. The summed E-state index contributed by atoms with van der Waals surface area (Å²) in [5.41, 5.74) is 3.92. The van der Waals surface area contributed by atoms with Crippen LogP contribution in [0.1, 0.15) is 39.9 Å². The van der Waals surface area contributed by atoms with E-state index in [1.807, 2.05) is 18.2 Å². The zero-order valence-corrected chi connectivity index (χ0v) is 13.2. The van der Waals surface area contributed by atoms with Gasteiger partial charge in [0.1, 0.15) is 5.75 Å². The Balaban J connectivity index is 1.63. The second-order valence-corrected chi connectivity index (χ2v) is 5.90. The van der Waals surface area contributed by atoms with Gasteiger partial charge in [-0.05, 0) is 66.6 Å². The van der Waals surface area contributed by atoms with Crippen molar-refractivity contribution in [2.45, 2.75) is 38.8 Å². The van der Waals surface area contributed by atoms with Crippen molar-refractivity contribution in [2.75, 3.05) is 0 Å². The van der Waals surface area contributed by atoms with E-state index >= 15 is 0 Å². The summed E-state index contributed by atoms with van der Waals surface area (Å²) in [7, 11) is 0. The molecule has 0 bridgehead atoms. The topological polar surface area (TPSA) is 38.3 Å². The van der Waals surface area contributed by atoms with Gasteiger partial charge in [0, 0.05) is 12.1 Å². The van der Waals surface area contributed by atoms with Gasteiger partial charge in [0.2, 0.25) is 0 Å². The highest BCUT2D eigenvalue weighted by molar-refractivity contribution is 5.94. The van der Waals surface area contributed by atoms with Crippen LogP contribution in [-0.4, -0.2) is 12.5 Å². The summed E-state index contributed by atoms with van der Waals surface area (Å²) >= 11 is 0. The molecule has 126 valence electrons. The fourth-order valence-electron chi connectivity index (χ4n) is 2.99. The minimum Gasteiger partial charge on any atom is -0.435 e. The number of hydrogen-bond acceptors (Lipinski definition) is 2. The number of aryl methyl sites for hydroxylation is 2. The number of halogens is 2. The third-order valence-corrected chi connectivity index (χ3v) is 4.19. The minimum absolute atomic E-state index is 0.0885. The number of nitrogens with one attached hydrogen (secondary N) is 1. The monoisotopic (exact) mass is 331 g/mol. The Morgan fingerprint density at radius 2 is 1.88 bits per heavy atom. The second-order valence-electron chi connectivity index (χ2n) is 5.90. The van der Waals surface area contributed by atoms with Crippen molar-refractivity contribution in [3.8, 4) is 5.75 Å². The molecule has 0 unspecified atom stereocenters. The fraction of sp³-hybridized carbons (Fsp3) is 0.316. The second kappa shape index (κ2) is 7.43. The van der Waals surface area contributed by atoms with Gasteiger partial charge in [-0.25, -0.2) is 0 Å². The lowest BCUT2D eigenvalue weighted by molar-refractivity contribution is -0.0498. The van der Waals surface area contributed by atoms with E-state index in [4.69, 9.17) is 0 Å². The van der Waals surface area contributed by atoms with Crippen LogP contribution >= 0.6 is 0 Å². The van der Waals surface area contributed by atoms with Crippen molar-refractivity contribution in [1.29, 1.82) is 0 Å². The average Bonchev–Trinajstić information content (AvgIpc) is 2.59. The molecule has 0 saturated heterocycles. The first-order valence-electron chi connectivity index (χ1n) is 8.05. The van der Waals surface area contributed by atoms with Crippen LogP contribution in [0, 0.1) is 0 Å². The molecular weight excluding hydrogens is 312 g/mol. The Kier molecular flexibility index (Phi) is 5.08. The van der Waals surface area contributed by atoms with Gasteiger partial charge in [0.25, 0.3) is 5.91 Å². The Labute approximate surface area is 139 Å². The molecule has 0 fully saturated rings. The standard InChI is InChI=1S/C19H19F2NO2/c20-19(21)24-17-7-3-4-13(10-17)12-22-18(23)16-9-8-14-5-1-2-6-15(14)11-16/h3-4,7-11,19H,1-2,5-6,12H2,(H,22,23). The van der Waals surface area contributed by atoms with E-state index < -0.39 is 6.61 Å². The maximum absolute atomic E-state index is 12.3. The molecule has 5 heteroatoms. The van der Waals surface area contributed by atoms with E-state index in [0.29, 0.717) is 11.1 Å². The number of alkyl halides is 2. The molecule has 0 spiro atoms. The van der Waals surface area contributed by atoms with Crippen LogP contribution in [-0.2, 0) is 19.4 Å². The molecule has 0 radical (unpaired) electrons. The molecule has 2 aromatic carbocycles. The first-order valence-corrected chi connectivity index (χ1v) is 8.05. The summed E-state index contributed by atoms with van der Waals surface area (Å²) < 4.78 is 28.8. The lowest BCUT2D eigenvalue weighted by Crippen LogP contribution is -2.23. The first-order chi connectivity index (χ1) is 11.6. The van der Waals surface area contributed by atoms with Crippen molar-refractivity contribution in [2.24, 2.45) is 0 Å². The SMILES string of the molecule is O=C(NCc1cccc(OC(F)F)c1)c1ccc2c(c1)CCCC2. The molecule has 0 aromatic heterocycles. The molecular formula is C19H19F2NO2. The summed E-state index contributed by atoms with van der Waals surface area (Å²) in [6, 6.07) is 12.2. The van der Waals surface area contributed by atoms with Crippen LogP contribution in [0.4, 0.5) is 8.78 Å². The smallest absolute Gasteiger partial charge is 0.387 e. The summed E-state index contributed by atoms with van der Waals surface area (Å²) in [6.07, 6.45) is 4.46. The molecule has 0 heterocycles. The summed E-state index contributed by atoms with van der Waals surface area (Å²) in [4.78, 5) is 12.3. The molecule has 0 saturated carbocycles. The summed E-state index contributed by atoms with van der Waals surface area (Å²) in [6.45, 7) is -2.60. The van der Waals surface area contributed by atoms with Crippen LogP contribution in [0.3, 0.4) is 0 Å². The zero-order chi connectivity index (χ0) is 16.9. The highest BCUT2D eigenvalue weighted by atomic mass is 19.3. The number of rotatable bonds is 5. The number of carbonyl (C=O) groups excluding carboxylic acids is 1. The Morgan fingerprint density at radius 1 is 1.08 bits per heavy atom. The van der Waals surface area contributed by atoms with Crippen molar-refractivity contribution in [3.05, 3.63) is 64.7 Å². The molecule has 1 aliphatic carbocycles. The normalized spacial score (nSPS) is 13.5. The van der Waals surface area contributed by atoms with Gasteiger partial charge in [-0.1, -0.05) is 18.2 Å². The van der Waals surface area contributed by atoms with Crippen LogP contribution in [0.2, 0.25) is 0 Å². The number of fused-ring (bicyclic) bond motifs is 1. The molecule has 24 heavy (non-hydrogen) atoms. The zero-order valence-electron chi connectivity index (χ0n) is 13.2. The van der Waals surface area contributed by atoms with Gasteiger partial charge >= 0.3 is 6.61 Å². The van der Waals surface area contributed by atoms with E-state index in [0.717, 1.165) is 19.3 Å². The molecule has 3 rings (SSSR count). The first kappa shape index (κ1) is 16.4. The Hall–Kier alpha value is -2.43. The van der Waals surface area contributed by atoms with Gasteiger partial charge < -0.3 is 10.1 Å². The third kappa shape index (κ3) is 4.10. The van der Waals surface area contributed by atoms with Gasteiger partial charge in [-0.2, -0.15) is 8.78 Å². The maximum Gasteiger partial charge on any atom is 0.387 e. The van der Waals surface area contributed by atoms with Gasteiger partial charge in [0.05, 0.1) is 0 Å². The number of hydrogen-bond donors (Lipinski definition) is 1. The lowest BCUT2D eigenvalue weighted by atomic mass is 9.90. The quantitative estimate of drug-likeness (QED) is 0.896. The molecule has 1 amide bonds. The number of benzene rings is 2. The highest BCUT2D eigenvalue weighted by Crippen LogP contribution is 2.22. The van der Waals surface area contributed by atoms with Gasteiger partial charge in [0.15, 0.2) is 0 Å². The van der Waals surface area contributed by atoms with Crippen LogP contribution < -0.4 is 10.1 Å². The largest absolute Gasteiger partial charge is 0.435 e. The number of ether oxygens (including phenoxy) is 1. The molecule has 0 atom stereocenters. The average molecular weight is 331 g/mol. The Bertz CT molecular complexity index is 731. The van der Waals surface area contributed by atoms with Crippen molar-refractivity contribution in [1.82, 2.24) is 5.32 Å². The van der Waals surface area contributed by atoms with Crippen molar-refractivity contribution >= 4 is 5.91 Å². The molecule has 2 aromatic rings. The third-order valence-electron chi connectivity index (χ3n) is 4.19. The summed E-state index contributed by atoms with van der Waals surface area (Å²) in [5, 5.41) is 2.82. The van der Waals surface area contributed by atoms with Crippen molar-refractivity contribution in [3.63, 3.8) is 0 Å². The number of amides is 1. The Morgan fingerprint density at radius 3 is 2.67 bits per heavy atom. The predicted molar refractivity (Wildman–Crippen MR) is 87.3 cm³/mol. The summed E-state index contributed by atoms with van der Waals surface area (Å²) in [5.74, 6) is -0.0749. The predicted octanol–water partition coefficient (Wildman–Crippen LogP) is 4.10. The van der Waals surface area contributed by atoms with E-state index in [2.05, 4.69) is 10.1 Å². The van der Waals surface area contributed by atoms with E-state index in [1.54, 1.807) is 12.1 Å². The van der Waals surface area contributed by atoms with Crippen molar-refractivity contribution < 1.29 is 18.3 Å². The van der Waals surface area contributed by atoms with Crippen LogP contribution in [0.5, 0.6) is 5.75 Å². The van der Waals surface area contributed by atoms with E-state index in [9.17, 15) is 13.6 Å². The minimum atomic E-state index is -2.86. The molecule has 1 aliphatic rings. The molecule has 0 aliphatic heterocycles. The van der Waals surface area contributed by atoms with E-state index in [1.165, 1.54) is 29.7 Å². The van der Waals surface area contributed by atoms with Crippen LogP contribution in [0.25, 0.3) is 0 Å². The van der Waals surface area contributed by atoms with Crippen LogP contribution in [0.15, 0.2) is 42.5 Å². The maximum atomic E-state index is 12.3. The molecule has 1 N–H and O–H groups in total. The lowest BCUT2D eigenvalue weighted by Gasteiger charge is -2.16. The van der Waals surface area contributed by atoms with Gasteiger partial charge in [-0.15, -0.1) is 0 Å².